The van der Waals surface area contributed by atoms with E-state index in [9.17, 15) is 4.79 Å². The van der Waals surface area contributed by atoms with E-state index in [1.807, 2.05) is 0 Å². The Labute approximate surface area is 83.6 Å². The molecule has 0 fully saturated rings. The lowest BCUT2D eigenvalue weighted by Gasteiger charge is -1.87. The average Bonchev–Trinajstić information content (AvgIpc) is 2.69. The van der Waals surface area contributed by atoms with E-state index in [4.69, 9.17) is 9.84 Å². The third kappa shape index (κ3) is 5.13. The molecule has 1 heterocycles. The van der Waals surface area contributed by atoms with Crippen molar-refractivity contribution >= 4 is 11.9 Å². The molecular weight excluding hydrogens is 182 g/mol. The largest absolute Gasteiger partial charge is 0.478 e. The second-order valence-corrected chi connectivity index (χ2v) is 2.55. The van der Waals surface area contributed by atoms with Gasteiger partial charge in [-0.3, -0.25) is 0 Å². The van der Waals surface area contributed by atoms with Gasteiger partial charge in [0.1, 0.15) is 6.61 Å². The maximum Gasteiger partial charge on any atom is 0.330 e. The summed E-state index contributed by atoms with van der Waals surface area (Å²) in [5.41, 5.74) is 0.389. The molecule has 4 heteroatoms. The Hall–Kier alpha value is -1.58. The third-order valence-electron chi connectivity index (χ3n) is 1.55. The maximum atomic E-state index is 9.86. The van der Waals surface area contributed by atoms with E-state index in [1.54, 1.807) is 26.0 Å². The number of carboxylic acid groups (broad SMARTS) is 1. The lowest BCUT2D eigenvalue weighted by molar-refractivity contribution is -0.132. The minimum atomic E-state index is -0.845. The number of hydrogen-bond acceptors (Lipinski definition) is 3. The second-order valence-electron chi connectivity index (χ2n) is 2.55. The summed E-state index contributed by atoms with van der Waals surface area (Å²) in [6.45, 7) is 8.26. The highest BCUT2D eigenvalue weighted by Gasteiger charge is 1.99. The van der Waals surface area contributed by atoms with Crippen molar-refractivity contribution in [3.05, 3.63) is 24.3 Å². The van der Waals surface area contributed by atoms with Crippen molar-refractivity contribution in [2.24, 2.45) is 4.99 Å². The van der Waals surface area contributed by atoms with Crippen LogP contribution in [0.1, 0.15) is 13.8 Å². The van der Waals surface area contributed by atoms with Crippen molar-refractivity contribution in [1.82, 2.24) is 0 Å². The van der Waals surface area contributed by atoms with Crippen LogP contribution in [-0.2, 0) is 9.53 Å². The first-order valence-corrected chi connectivity index (χ1v) is 4.27. The number of aliphatic imine (C=N–C) groups is 1. The highest BCUT2D eigenvalue weighted by molar-refractivity contribution is 5.87. The lowest BCUT2D eigenvalue weighted by Crippen LogP contribution is -1.93. The minimum absolute atomic E-state index is 0.389. The van der Waals surface area contributed by atoms with Crippen molar-refractivity contribution in [2.75, 3.05) is 13.2 Å². The van der Waals surface area contributed by atoms with E-state index < -0.39 is 5.97 Å². The van der Waals surface area contributed by atoms with Gasteiger partial charge in [0, 0.05) is 5.57 Å². The second kappa shape index (κ2) is 6.88. The normalized spacial score (nSPS) is 14.7. The molecule has 0 saturated carbocycles. The molecule has 0 aromatic heterocycles. The quantitative estimate of drug-likeness (QED) is 0.684. The van der Waals surface area contributed by atoms with E-state index in [2.05, 4.69) is 11.6 Å². The predicted molar refractivity (Wildman–Crippen MR) is 55.5 cm³/mol. The van der Waals surface area contributed by atoms with E-state index >= 15 is 0 Å². The van der Waals surface area contributed by atoms with E-state index in [-0.39, 0.29) is 0 Å². The van der Waals surface area contributed by atoms with Crippen LogP contribution >= 0.6 is 0 Å². The SMILES string of the molecule is C/C=C(\C)C(=O)O.C=CC1=NCCO1. The van der Waals surface area contributed by atoms with Gasteiger partial charge in [0.05, 0.1) is 6.54 Å². The van der Waals surface area contributed by atoms with Crippen LogP contribution in [0, 0.1) is 0 Å². The van der Waals surface area contributed by atoms with Gasteiger partial charge in [-0.1, -0.05) is 12.7 Å². The fourth-order valence-corrected chi connectivity index (χ4v) is 0.599. The summed E-state index contributed by atoms with van der Waals surface area (Å²) in [6.07, 6.45) is 3.18. The number of hydrogen-bond donors (Lipinski definition) is 1. The minimum Gasteiger partial charge on any atom is -0.478 e. The topological polar surface area (TPSA) is 58.9 Å². The molecule has 0 radical (unpaired) electrons. The molecule has 1 aliphatic rings. The highest BCUT2D eigenvalue weighted by atomic mass is 16.5. The first kappa shape index (κ1) is 12.4. The molecule has 0 saturated heterocycles. The molecule has 0 spiro atoms. The van der Waals surface area contributed by atoms with E-state index in [0.717, 1.165) is 13.2 Å². The van der Waals surface area contributed by atoms with Crippen LogP contribution in [-0.4, -0.2) is 30.1 Å². The van der Waals surface area contributed by atoms with Crippen LogP contribution < -0.4 is 0 Å². The number of aliphatic carboxylic acids is 1. The Morgan fingerprint density at radius 2 is 2.36 bits per heavy atom. The maximum absolute atomic E-state index is 9.86. The van der Waals surface area contributed by atoms with Crippen molar-refractivity contribution in [1.29, 1.82) is 0 Å². The Bertz CT molecular complexity index is 267. The van der Waals surface area contributed by atoms with Crippen LogP contribution in [0.2, 0.25) is 0 Å². The van der Waals surface area contributed by atoms with Gasteiger partial charge in [0.2, 0.25) is 5.90 Å². The van der Waals surface area contributed by atoms with Gasteiger partial charge < -0.3 is 9.84 Å². The summed E-state index contributed by atoms with van der Waals surface area (Å²) in [4.78, 5) is 13.8. The Kier molecular flexibility index (Phi) is 6.11. The van der Waals surface area contributed by atoms with Gasteiger partial charge in [-0.25, -0.2) is 9.79 Å². The number of carboxylic acids is 1. The molecule has 0 bridgehead atoms. The molecule has 0 aromatic rings. The Morgan fingerprint density at radius 3 is 2.50 bits per heavy atom. The van der Waals surface area contributed by atoms with E-state index in [1.165, 1.54) is 0 Å². The molecule has 0 atom stereocenters. The molecule has 1 aliphatic heterocycles. The zero-order valence-corrected chi connectivity index (χ0v) is 8.49. The molecule has 0 aromatic carbocycles. The lowest BCUT2D eigenvalue weighted by atomic mass is 10.3. The summed E-state index contributed by atoms with van der Waals surface area (Å²) in [6, 6.07) is 0. The monoisotopic (exact) mass is 197 g/mol. The van der Waals surface area contributed by atoms with Crippen LogP contribution in [0.3, 0.4) is 0 Å². The van der Waals surface area contributed by atoms with Crippen molar-refractivity contribution < 1.29 is 14.6 Å². The summed E-state index contributed by atoms with van der Waals surface area (Å²) in [5.74, 6) is -0.164. The number of carbonyl (C=O) groups is 1. The van der Waals surface area contributed by atoms with Crippen molar-refractivity contribution in [3.8, 4) is 0 Å². The third-order valence-corrected chi connectivity index (χ3v) is 1.55. The van der Waals surface area contributed by atoms with Crippen molar-refractivity contribution in [3.63, 3.8) is 0 Å². The van der Waals surface area contributed by atoms with Crippen LogP contribution in [0.5, 0.6) is 0 Å². The summed E-state index contributed by atoms with van der Waals surface area (Å²) >= 11 is 0. The Morgan fingerprint density at radius 1 is 1.71 bits per heavy atom. The first-order valence-electron chi connectivity index (χ1n) is 4.27. The zero-order chi connectivity index (χ0) is 11.0. The molecule has 0 amide bonds. The van der Waals surface area contributed by atoms with Crippen LogP contribution in [0.4, 0.5) is 0 Å². The van der Waals surface area contributed by atoms with Crippen LogP contribution in [0.25, 0.3) is 0 Å². The highest BCUT2D eigenvalue weighted by Crippen LogP contribution is 1.92. The smallest absolute Gasteiger partial charge is 0.330 e. The van der Waals surface area contributed by atoms with Crippen LogP contribution in [0.15, 0.2) is 29.3 Å². The van der Waals surface area contributed by atoms with Gasteiger partial charge in [-0.15, -0.1) is 0 Å². The fourth-order valence-electron chi connectivity index (χ4n) is 0.599. The van der Waals surface area contributed by atoms with Gasteiger partial charge in [-0.05, 0) is 19.9 Å². The summed E-state index contributed by atoms with van der Waals surface area (Å²) in [5, 5.41) is 8.11. The predicted octanol–water partition coefficient (Wildman–Crippen LogP) is 1.64. The summed E-state index contributed by atoms with van der Waals surface area (Å²) < 4.78 is 4.93. The molecule has 0 unspecified atom stereocenters. The zero-order valence-electron chi connectivity index (χ0n) is 8.49. The number of nitrogens with zero attached hydrogens (tertiary/aromatic N) is 1. The van der Waals surface area contributed by atoms with Crippen molar-refractivity contribution in [2.45, 2.75) is 13.8 Å². The molecule has 4 nitrogen and oxygen atoms in total. The summed E-state index contributed by atoms with van der Waals surface area (Å²) in [7, 11) is 0. The molecular formula is C10H15NO3. The fraction of sp³-hybridized carbons (Fsp3) is 0.400. The first-order chi connectivity index (χ1) is 6.61. The number of allylic oxidation sites excluding steroid dienone is 1. The number of rotatable bonds is 2. The molecule has 1 N–H and O–H groups in total. The number of ether oxygens (including phenoxy) is 1. The average molecular weight is 197 g/mol. The van der Waals surface area contributed by atoms with Gasteiger partial charge >= 0.3 is 5.97 Å². The van der Waals surface area contributed by atoms with E-state index in [0.29, 0.717) is 11.5 Å². The molecule has 0 aliphatic carbocycles. The molecule has 1 rings (SSSR count). The molecule has 78 valence electrons. The van der Waals surface area contributed by atoms with Gasteiger partial charge in [0.15, 0.2) is 0 Å². The van der Waals surface area contributed by atoms with Gasteiger partial charge in [0.25, 0.3) is 0 Å². The standard InChI is InChI=1S/C5H7NO.C5H8O2/c1-2-5-6-3-4-7-5;1-3-4(2)5(6)7/h2H,1,3-4H2;3H,1-2H3,(H,6,7)/b;4-3+. The molecule has 14 heavy (non-hydrogen) atoms. The van der Waals surface area contributed by atoms with Gasteiger partial charge in [-0.2, -0.15) is 0 Å². The Balaban J connectivity index is 0.000000241.